The topological polar surface area (TPSA) is 78.8 Å². The summed E-state index contributed by atoms with van der Waals surface area (Å²) in [7, 11) is -2.94. The van der Waals surface area contributed by atoms with E-state index in [9.17, 15) is 13.2 Å². The molecule has 2 aliphatic rings. The van der Waals surface area contributed by atoms with Gasteiger partial charge in [0.05, 0.1) is 41.2 Å². The molecule has 0 aromatic carbocycles. The first-order valence-electron chi connectivity index (χ1n) is 11.0. The van der Waals surface area contributed by atoms with E-state index < -0.39 is 9.84 Å². The number of amides is 1. The predicted octanol–water partition coefficient (Wildman–Crippen LogP) is 1.63. The fourth-order valence-corrected chi connectivity index (χ4v) is 6.70. The lowest BCUT2D eigenvalue weighted by Crippen LogP contribution is -2.52. The summed E-state index contributed by atoms with van der Waals surface area (Å²) in [5.74, 6) is 0.630. The van der Waals surface area contributed by atoms with E-state index in [4.69, 9.17) is 5.10 Å². The van der Waals surface area contributed by atoms with Crippen molar-refractivity contribution in [2.24, 2.45) is 0 Å². The minimum Gasteiger partial charge on any atom is -0.366 e. The number of piperazine rings is 1. The Labute approximate surface area is 181 Å². The van der Waals surface area contributed by atoms with Crippen molar-refractivity contribution in [3.05, 3.63) is 11.4 Å². The van der Waals surface area contributed by atoms with Crippen molar-refractivity contribution < 1.29 is 13.2 Å². The van der Waals surface area contributed by atoms with Crippen LogP contribution in [0.2, 0.25) is 0 Å². The van der Waals surface area contributed by atoms with Crippen molar-refractivity contribution in [3.63, 3.8) is 0 Å². The summed E-state index contributed by atoms with van der Waals surface area (Å²) in [6.07, 6.45) is 0.641. The lowest BCUT2D eigenvalue weighted by Gasteiger charge is -2.38. The normalized spacial score (nSPS) is 22.3. The molecule has 170 valence electrons. The molecule has 1 aromatic rings. The number of sulfone groups is 1. The van der Waals surface area contributed by atoms with Gasteiger partial charge in [0, 0.05) is 38.3 Å². The highest BCUT2D eigenvalue weighted by atomic mass is 32.2. The third-order valence-corrected chi connectivity index (χ3v) is 8.04. The highest BCUT2D eigenvalue weighted by Crippen LogP contribution is 2.31. The molecule has 2 fully saturated rings. The first-order valence-corrected chi connectivity index (χ1v) is 12.9. The number of aryl methyl sites for hydroxylation is 1. The van der Waals surface area contributed by atoms with E-state index in [0.29, 0.717) is 13.0 Å². The predicted molar refractivity (Wildman–Crippen MR) is 120 cm³/mol. The van der Waals surface area contributed by atoms with Crippen LogP contribution < -0.4 is 4.90 Å². The molecule has 2 saturated heterocycles. The first-order chi connectivity index (χ1) is 14.0. The Morgan fingerprint density at radius 3 is 2.20 bits per heavy atom. The summed E-state index contributed by atoms with van der Waals surface area (Å²) in [5.41, 5.74) is 3.12. The van der Waals surface area contributed by atoms with Crippen LogP contribution in [0.15, 0.2) is 0 Å². The molecule has 3 heterocycles. The molecule has 8 nitrogen and oxygen atoms in total. The van der Waals surface area contributed by atoms with Crippen LogP contribution >= 0.6 is 0 Å². The fourth-order valence-electron chi connectivity index (χ4n) is 5.01. The third kappa shape index (κ3) is 4.82. The van der Waals surface area contributed by atoms with Gasteiger partial charge in [0.1, 0.15) is 0 Å². The van der Waals surface area contributed by atoms with Crippen LogP contribution in [0.4, 0.5) is 5.69 Å². The Kier molecular flexibility index (Phi) is 6.81. The van der Waals surface area contributed by atoms with Crippen LogP contribution in [-0.4, -0.2) is 90.2 Å². The maximum Gasteiger partial charge on any atom is 0.237 e. The Morgan fingerprint density at radius 1 is 1.10 bits per heavy atom. The summed E-state index contributed by atoms with van der Waals surface area (Å²) in [4.78, 5) is 19.3. The maximum atomic E-state index is 12.8. The fraction of sp³-hybridized carbons (Fsp3) is 0.810. The molecule has 9 heteroatoms. The minimum absolute atomic E-state index is 0.0561. The molecule has 1 amide bonds. The average Bonchev–Trinajstić information content (AvgIpc) is 3.13. The number of aromatic nitrogens is 2. The first kappa shape index (κ1) is 23.1. The largest absolute Gasteiger partial charge is 0.366 e. The summed E-state index contributed by atoms with van der Waals surface area (Å²) in [6, 6.07) is 0.350. The Hall–Kier alpha value is -1.61. The number of carbonyl (C=O) groups is 1. The molecule has 0 N–H and O–H groups in total. The number of anilines is 1. The summed E-state index contributed by atoms with van der Waals surface area (Å²) in [6.45, 7) is 16.1. The van der Waals surface area contributed by atoms with E-state index in [0.717, 1.165) is 43.3 Å². The van der Waals surface area contributed by atoms with Crippen LogP contribution in [0.3, 0.4) is 0 Å². The van der Waals surface area contributed by atoms with Crippen molar-refractivity contribution in [1.29, 1.82) is 0 Å². The van der Waals surface area contributed by atoms with Gasteiger partial charge in [-0.15, -0.1) is 0 Å². The van der Waals surface area contributed by atoms with Crippen LogP contribution in [0.1, 0.15) is 51.5 Å². The van der Waals surface area contributed by atoms with Crippen molar-refractivity contribution in [2.45, 2.75) is 66.1 Å². The van der Waals surface area contributed by atoms with Crippen molar-refractivity contribution in [3.8, 4) is 0 Å². The van der Waals surface area contributed by atoms with Gasteiger partial charge in [-0.3, -0.25) is 14.4 Å². The number of rotatable bonds is 6. The Morgan fingerprint density at radius 2 is 1.70 bits per heavy atom. The number of nitrogens with zero attached hydrogens (tertiary/aromatic N) is 5. The average molecular weight is 440 g/mol. The minimum atomic E-state index is -2.94. The van der Waals surface area contributed by atoms with Gasteiger partial charge in [-0.2, -0.15) is 5.10 Å². The third-order valence-electron chi connectivity index (χ3n) is 6.29. The van der Waals surface area contributed by atoms with E-state index >= 15 is 0 Å². The summed E-state index contributed by atoms with van der Waals surface area (Å²) in [5, 5.41) is 4.70. The standard InChI is InChI=1S/C21H37N5O3S/c1-15(2)25(16(3)4)20(27)13-23-8-10-24(11-9-23)21-17(5)22-26(18(21)6)19-7-12-30(28,29)14-19/h15-16,19H,7-14H2,1-6H3. The number of carbonyl (C=O) groups excluding carboxylic acids is 1. The second kappa shape index (κ2) is 8.86. The smallest absolute Gasteiger partial charge is 0.237 e. The molecule has 30 heavy (non-hydrogen) atoms. The number of hydrogen-bond acceptors (Lipinski definition) is 6. The van der Waals surface area contributed by atoms with E-state index in [1.807, 2.05) is 23.4 Å². The van der Waals surface area contributed by atoms with Gasteiger partial charge in [0.15, 0.2) is 9.84 Å². The second-order valence-corrected chi connectivity index (χ2v) is 11.5. The van der Waals surface area contributed by atoms with Crippen LogP contribution in [0, 0.1) is 13.8 Å². The van der Waals surface area contributed by atoms with E-state index in [-0.39, 0.29) is 35.5 Å². The zero-order valence-electron chi connectivity index (χ0n) is 19.3. The molecule has 0 aliphatic carbocycles. The van der Waals surface area contributed by atoms with Crippen LogP contribution in [0.5, 0.6) is 0 Å². The van der Waals surface area contributed by atoms with Gasteiger partial charge in [0.2, 0.25) is 5.91 Å². The van der Waals surface area contributed by atoms with Gasteiger partial charge < -0.3 is 9.80 Å². The van der Waals surface area contributed by atoms with Crippen molar-refractivity contribution >= 4 is 21.4 Å². The molecule has 2 aliphatic heterocycles. The summed E-state index contributed by atoms with van der Waals surface area (Å²) < 4.78 is 25.7. The van der Waals surface area contributed by atoms with Crippen LogP contribution in [0.25, 0.3) is 0 Å². The van der Waals surface area contributed by atoms with Gasteiger partial charge in [0.25, 0.3) is 0 Å². The Balaban J connectivity index is 1.64. The monoisotopic (exact) mass is 439 g/mol. The molecule has 1 unspecified atom stereocenters. The molecule has 0 saturated carbocycles. The molecule has 0 spiro atoms. The van der Waals surface area contributed by atoms with Gasteiger partial charge in [-0.05, 0) is 48.0 Å². The zero-order valence-corrected chi connectivity index (χ0v) is 20.1. The summed E-state index contributed by atoms with van der Waals surface area (Å²) >= 11 is 0. The molecule has 1 atom stereocenters. The lowest BCUT2D eigenvalue weighted by atomic mass is 10.2. The van der Waals surface area contributed by atoms with E-state index in [2.05, 4.69) is 37.5 Å². The SMILES string of the molecule is Cc1nn(C2CCS(=O)(=O)C2)c(C)c1N1CCN(CC(=O)N(C(C)C)C(C)C)CC1. The quantitative estimate of drug-likeness (QED) is 0.670. The zero-order chi connectivity index (χ0) is 22.2. The Bertz CT molecular complexity index is 861. The van der Waals surface area contributed by atoms with Crippen molar-refractivity contribution in [2.75, 3.05) is 49.1 Å². The van der Waals surface area contributed by atoms with Gasteiger partial charge >= 0.3 is 0 Å². The molecule has 1 aromatic heterocycles. The highest BCUT2D eigenvalue weighted by Gasteiger charge is 2.33. The van der Waals surface area contributed by atoms with Crippen molar-refractivity contribution in [1.82, 2.24) is 19.6 Å². The molecular weight excluding hydrogens is 402 g/mol. The molecule has 0 radical (unpaired) electrons. The molecular formula is C21H37N5O3S. The van der Waals surface area contributed by atoms with E-state index in [1.165, 1.54) is 0 Å². The number of hydrogen-bond donors (Lipinski definition) is 0. The van der Waals surface area contributed by atoms with Gasteiger partial charge in [-0.25, -0.2) is 8.42 Å². The van der Waals surface area contributed by atoms with E-state index in [1.54, 1.807) is 0 Å². The molecule has 3 rings (SSSR count). The molecule has 0 bridgehead atoms. The van der Waals surface area contributed by atoms with Crippen LogP contribution in [-0.2, 0) is 14.6 Å². The maximum absolute atomic E-state index is 12.8. The lowest BCUT2D eigenvalue weighted by molar-refractivity contribution is -0.136. The second-order valence-electron chi connectivity index (χ2n) is 9.27. The highest BCUT2D eigenvalue weighted by molar-refractivity contribution is 7.91. The van der Waals surface area contributed by atoms with Gasteiger partial charge in [-0.1, -0.05) is 0 Å².